The topological polar surface area (TPSA) is 57.7 Å². The summed E-state index contributed by atoms with van der Waals surface area (Å²) in [5.41, 5.74) is 1.65. The zero-order chi connectivity index (χ0) is 13.2. The maximum absolute atomic E-state index is 9.08. The van der Waals surface area contributed by atoms with E-state index in [4.69, 9.17) is 5.26 Å². The lowest BCUT2D eigenvalue weighted by Gasteiger charge is -2.41. The van der Waals surface area contributed by atoms with Gasteiger partial charge in [-0.1, -0.05) is 0 Å². The van der Waals surface area contributed by atoms with Crippen molar-refractivity contribution in [3.63, 3.8) is 0 Å². The van der Waals surface area contributed by atoms with E-state index in [1.165, 1.54) is 0 Å². The number of nitrogens with zero attached hydrogens (tertiary/aromatic N) is 5. The molecule has 1 fully saturated rings. The third kappa shape index (κ3) is 2.17. The Morgan fingerprint density at radius 3 is 2.95 bits per heavy atom. The Morgan fingerprint density at radius 1 is 1.42 bits per heavy atom. The van der Waals surface area contributed by atoms with Crippen LogP contribution >= 0.6 is 0 Å². The highest BCUT2D eigenvalue weighted by Crippen LogP contribution is 2.27. The van der Waals surface area contributed by atoms with Crippen molar-refractivity contribution in [2.45, 2.75) is 13.5 Å². The molecule has 1 aliphatic rings. The first-order valence-corrected chi connectivity index (χ1v) is 6.34. The molecule has 2 aromatic rings. The third-order valence-corrected chi connectivity index (χ3v) is 3.60. The highest BCUT2D eigenvalue weighted by Gasteiger charge is 2.28. The minimum atomic E-state index is 0.611. The molecular weight excluding hydrogens is 238 g/mol. The maximum atomic E-state index is 9.08. The number of rotatable bonds is 3. The molecule has 19 heavy (non-hydrogen) atoms. The van der Waals surface area contributed by atoms with Gasteiger partial charge in [-0.05, 0) is 13.0 Å². The van der Waals surface area contributed by atoms with Gasteiger partial charge in [-0.15, -0.1) is 0 Å². The Labute approximate surface area is 112 Å². The molecule has 5 heteroatoms. The van der Waals surface area contributed by atoms with Crippen LogP contribution in [-0.4, -0.2) is 27.6 Å². The molecule has 0 unspecified atom stereocenters. The SMILES string of the molecule is Cc1nccn1CC1CN(c2cnccc2C#N)C1. The van der Waals surface area contributed by atoms with Crippen LogP contribution in [0.25, 0.3) is 0 Å². The number of pyridine rings is 1. The molecule has 0 saturated carbocycles. The molecule has 5 nitrogen and oxygen atoms in total. The van der Waals surface area contributed by atoms with Gasteiger partial charge >= 0.3 is 0 Å². The Kier molecular flexibility index (Phi) is 2.92. The number of hydrogen-bond donors (Lipinski definition) is 0. The van der Waals surface area contributed by atoms with Crippen LogP contribution in [0.3, 0.4) is 0 Å². The Balaban J connectivity index is 1.64. The van der Waals surface area contributed by atoms with Crippen LogP contribution in [-0.2, 0) is 6.54 Å². The average Bonchev–Trinajstić information content (AvgIpc) is 2.79. The molecule has 3 rings (SSSR count). The predicted octanol–water partition coefficient (Wildman–Crippen LogP) is 1.59. The van der Waals surface area contributed by atoms with E-state index in [-0.39, 0.29) is 0 Å². The smallest absolute Gasteiger partial charge is 0.105 e. The van der Waals surface area contributed by atoms with Crippen LogP contribution in [0.4, 0.5) is 5.69 Å². The summed E-state index contributed by atoms with van der Waals surface area (Å²) in [6.07, 6.45) is 7.29. The van der Waals surface area contributed by atoms with Crippen molar-refractivity contribution in [2.24, 2.45) is 5.92 Å². The summed E-state index contributed by atoms with van der Waals surface area (Å²) < 4.78 is 2.18. The number of aryl methyl sites for hydroxylation is 1. The van der Waals surface area contributed by atoms with Crippen molar-refractivity contribution in [1.82, 2.24) is 14.5 Å². The van der Waals surface area contributed by atoms with E-state index >= 15 is 0 Å². The molecule has 0 atom stereocenters. The molecule has 0 aliphatic carbocycles. The molecule has 0 spiro atoms. The van der Waals surface area contributed by atoms with Crippen LogP contribution in [0, 0.1) is 24.2 Å². The minimum absolute atomic E-state index is 0.611. The summed E-state index contributed by atoms with van der Waals surface area (Å²) >= 11 is 0. The zero-order valence-corrected chi connectivity index (χ0v) is 10.8. The van der Waals surface area contributed by atoms with Gasteiger partial charge in [-0.2, -0.15) is 5.26 Å². The molecule has 0 N–H and O–H groups in total. The lowest BCUT2D eigenvalue weighted by Crippen LogP contribution is -2.49. The Morgan fingerprint density at radius 2 is 2.26 bits per heavy atom. The van der Waals surface area contributed by atoms with Gasteiger partial charge in [0, 0.05) is 44.1 Å². The Bertz CT molecular complexity index is 619. The first-order chi connectivity index (χ1) is 9.28. The second-order valence-corrected chi connectivity index (χ2v) is 4.90. The quantitative estimate of drug-likeness (QED) is 0.833. The summed E-state index contributed by atoms with van der Waals surface area (Å²) in [6, 6.07) is 3.98. The standard InChI is InChI=1S/C14H15N5/c1-11-17-4-5-18(11)8-12-9-19(10-12)14-7-16-3-2-13(14)6-15/h2-5,7,12H,8-10H2,1H3. The largest absolute Gasteiger partial charge is 0.368 e. The third-order valence-electron chi connectivity index (χ3n) is 3.60. The van der Waals surface area contributed by atoms with E-state index < -0.39 is 0 Å². The zero-order valence-electron chi connectivity index (χ0n) is 10.8. The van der Waals surface area contributed by atoms with Crippen molar-refractivity contribution >= 4 is 5.69 Å². The number of hydrogen-bond acceptors (Lipinski definition) is 4. The van der Waals surface area contributed by atoms with E-state index in [0.717, 1.165) is 31.1 Å². The highest BCUT2D eigenvalue weighted by molar-refractivity contribution is 5.59. The van der Waals surface area contributed by atoms with E-state index in [1.807, 2.05) is 19.3 Å². The molecule has 3 heterocycles. The second-order valence-electron chi connectivity index (χ2n) is 4.90. The average molecular weight is 253 g/mol. The van der Waals surface area contributed by atoms with Gasteiger partial charge in [0.1, 0.15) is 11.9 Å². The van der Waals surface area contributed by atoms with Crippen LogP contribution < -0.4 is 4.90 Å². The van der Waals surface area contributed by atoms with Crippen molar-refractivity contribution in [1.29, 1.82) is 5.26 Å². The second kappa shape index (κ2) is 4.73. The van der Waals surface area contributed by atoms with Gasteiger partial charge in [0.15, 0.2) is 0 Å². The lowest BCUT2D eigenvalue weighted by molar-refractivity contribution is 0.354. The van der Waals surface area contributed by atoms with Gasteiger partial charge in [-0.25, -0.2) is 4.98 Å². The van der Waals surface area contributed by atoms with Crippen molar-refractivity contribution in [2.75, 3.05) is 18.0 Å². The van der Waals surface area contributed by atoms with Gasteiger partial charge < -0.3 is 9.47 Å². The normalized spacial score (nSPS) is 15.1. The first-order valence-electron chi connectivity index (χ1n) is 6.34. The van der Waals surface area contributed by atoms with Gasteiger partial charge in [0.05, 0.1) is 17.4 Å². The molecule has 0 amide bonds. The molecule has 0 radical (unpaired) electrons. The van der Waals surface area contributed by atoms with Crippen molar-refractivity contribution < 1.29 is 0 Å². The minimum Gasteiger partial charge on any atom is -0.368 e. The van der Waals surface area contributed by atoms with Gasteiger partial charge in [0.2, 0.25) is 0 Å². The molecule has 2 aromatic heterocycles. The predicted molar refractivity (Wildman–Crippen MR) is 71.6 cm³/mol. The molecular formula is C14H15N5. The fraction of sp³-hybridized carbons (Fsp3) is 0.357. The molecule has 96 valence electrons. The summed E-state index contributed by atoms with van der Waals surface area (Å²) in [5, 5.41) is 9.08. The lowest BCUT2D eigenvalue weighted by atomic mass is 9.98. The summed E-state index contributed by atoms with van der Waals surface area (Å²) in [7, 11) is 0. The molecule has 1 aliphatic heterocycles. The molecule has 0 bridgehead atoms. The van der Waals surface area contributed by atoms with Crippen molar-refractivity contribution in [3.05, 3.63) is 42.2 Å². The van der Waals surface area contributed by atoms with Gasteiger partial charge in [0.25, 0.3) is 0 Å². The highest BCUT2D eigenvalue weighted by atomic mass is 15.2. The summed E-state index contributed by atoms with van der Waals surface area (Å²) in [6.45, 7) is 4.95. The summed E-state index contributed by atoms with van der Waals surface area (Å²) in [5.74, 6) is 1.66. The molecule has 0 aromatic carbocycles. The van der Waals surface area contributed by atoms with Gasteiger partial charge in [-0.3, -0.25) is 4.98 Å². The van der Waals surface area contributed by atoms with Crippen LogP contribution in [0.15, 0.2) is 30.9 Å². The molecule has 1 saturated heterocycles. The fourth-order valence-corrected chi connectivity index (χ4v) is 2.49. The first kappa shape index (κ1) is 11.7. The number of nitriles is 1. The van der Waals surface area contributed by atoms with Crippen LogP contribution in [0.2, 0.25) is 0 Å². The van der Waals surface area contributed by atoms with Crippen LogP contribution in [0.1, 0.15) is 11.4 Å². The van der Waals surface area contributed by atoms with Crippen molar-refractivity contribution in [3.8, 4) is 6.07 Å². The van der Waals surface area contributed by atoms with E-state index in [9.17, 15) is 0 Å². The maximum Gasteiger partial charge on any atom is 0.105 e. The monoisotopic (exact) mass is 253 g/mol. The fourth-order valence-electron chi connectivity index (χ4n) is 2.49. The Hall–Kier alpha value is -2.35. The number of anilines is 1. The number of aromatic nitrogens is 3. The number of imidazole rings is 1. The van der Waals surface area contributed by atoms with Crippen LogP contribution in [0.5, 0.6) is 0 Å². The summed E-state index contributed by atoms with van der Waals surface area (Å²) in [4.78, 5) is 10.5. The van der Waals surface area contributed by atoms with E-state index in [0.29, 0.717) is 11.5 Å². The van der Waals surface area contributed by atoms with E-state index in [1.54, 1.807) is 18.5 Å². The van der Waals surface area contributed by atoms with E-state index in [2.05, 4.69) is 25.5 Å².